The Labute approximate surface area is 87.1 Å². The zero-order valence-electron chi connectivity index (χ0n) is 9.45. The summed E-state index contributed by atoms with van der Waals surface area (Å²) in [7, 11) is 0. The van der Waals surface area contributed by atoms with Crippen molar-refractivity contribution < 1.29 is 0 Å². The summed E-state index contributed by atoms with van der Waals surface area (Å²) in [5.74, 6) is 1.25. The number of likely N-dealkylation sites (tertiary alicyclic amines) is 1. The molecule has 1 heterocycles. The van der Waals surface area contributed by atoms with Crippen LogP contribution in [-0.2, 0) is 0 Å². The van der Waals surface area contributed by atoms with E-state index in [4.69, 9.17) is 6.57 Å². The number of hydrogen-bond donors (Lipinski definition) is 0. The van der Waals surface area contributed by atoms with E-state index in [-0.39, 0.29) is 5.54 Å². The van der Waals surface area contributed by atoms with Gasteiger partial charge in [-0.25, -0.2) is 6.57 Å². The van der Waals surface area contributed by atoms with Crippen LogP contribution in [0.2, 0.25) is 0 Å². The first kappa shape index (κ1) is 9.98. The molecule has 1 saturated heterocycles. The molecular formula is C12H20N2. The molecule has 0 N–H and O–H groups in total. The second-order valence-corrected chi connectivity index (χ2v) is 5.36. The Balaban J connectivity index is 2.17. The molecule has 1 aliphatic heterocycles. The highest BCUT2D eigenvalue weighted by molar-refractivity contribution is 5.13. The maximum absolute atomic E-state index is 7.37. The molecule has 2 heteroatoms. The molecule has 2 unspecified atom stereocenters. The van der Waals surface area contributed by atoms with Crippen molar-refractivity contribution in [1.29, 1.82) is 0 Å². The van der Waals surface area contributed by atoms with E-state index >= 15 is 0 Å². The van der Waals surface area contributed by atoms with Gasteiger partial charge in [0.05, 0.1) is 0 Å². The quantitative estimate of drug-likeness (QED) is 0.579. The minimum atomic E-state index is -0.0363. The van der Waals surface area contributed by atoms with Gasteiger partial charge in [0.2, 0.25) is 5.54 Å². The lowest BCUT2D eigenvalue weighted by atomic mass is 9.79. The molecule has 0 aromatic heterocycles. The zero-order chi connectivity index (χ0) is 10.3. The standard InChI is InChI=1S/C12H20N2/c1-9(2)14-7-10-5-6-11(8-14)12(10,3)13-4/h9-11H,5-8H2,1-3H3. The Hall–Kier alpha value is -0.550. The number of rotatable bonds is 1. The second-order valence-electron chi connectivity index (χ2n) is 5.36. The minimum absolute atomic E-state index is 0.0363. The van der Waals surface area contributed by atoms with E-state index in [1.807, 2.05) is 0 Å². The Morgan fingerprint density at radius 3 is 2.14 bits per heavy atom. The van der Waals surface area contributed by atoms with Crippen molar-refractivity contribution in [3.63, 3.8) is 0 Å². The van der Waals surface area contributed by atoms with E-state index in [0.717, 1.165) is 13.1 Å². The number of nitrogens with zero attached hydrogens (tertiary/aromatic N) is 2. The van der Waals surface area contributed by atoms with Crippen LogP contribution in [-0.4, -0.2) is 29.6 Å². The molecule has 2 fully saturated rings. The van der Waals surface area contributed by atoms with Crippen molar-refractivity contribution in [2.75, 3.05) is 13.1 Å². The van der Waals surface area contributed by atoms with Gasteiger partial charge in [0.1, 0.15) is 0 Å². The summed E-state index contributed by atoms with van der Waals surface area (Å²) < 4.78 is 0. The van der Waals surface area contributed by atoms with Gasteiger partial charge in [0, 0.05) is 37.9 Å². The fraction of sp³-hybridized carbons (Fsp3) is 0.917. The van der Waals surface area contributed by atoms with Crippen LogP contribution < -0.4 is 0 Å². The average Bonchev–Trinajstić information content (AvgIpc) is 2.40. The molecule has 0 aromatic carbocycles. The first-order valence-corrected chi connectivity index (χ1v) is 5.70. The largest absolute Gasteiger partial charge is 0.310 e. The van der Waals surface area contributed by atoms with Crippen LogP contribution in [0.3, 0.4) is 0 Å². The Morgan fingerprint density at radius 2 is 1.79 bits per heavy atom. The molecule has 0 spiro atoms. The highest BCUT2D eigenvalue weighted by atomic mass is 15.2. The third-order valence-corrected chi connectivity index (χ3v) is 4.40. The van der Waals surface area contributed by atoms with Gasteiger partial charge in [0.15, 0.2) is 0 Å². The SMILES string of the molecule is [C-]#[N+]C1(C)C2CCC1CN(C(C)C)C2. The highest BCUT2D eigenvalue weighted by Crippen LogP contribution is 2.47. The van der Waals surface area contributed by atoms with E-state index in [1.54, 1.807) is 0 Å². The second kappa shape index (κ2) is 3.24. The molecule has 2 aliphatic rings. The van der Waals surface area contributed by atoms with Gasteiger partial charge in [-0.15, -0.1) is 0 Å². The molecule has 0 radical (unpaired) electrons. The molecule has 1 aliphatic carbocycles. The van der Waals surface area contributed by atoms with Gasteiger partial charge < -0.3 is 4.85 Å². The monoisotopic (exact) mass is 192 g/mol. The average molecular weight is 192 g/mol. The maximum Gasteiger partial charge on any atom is 0.237 e. The van der Waals surface area contributed by atoms with Crippen molar-refractivity contribution in [2.24, 2.45) is 11.8 Å². The van der Waals surface area contributed by atoms with Crippen molar-refractivity contribution in [1.82, 2.24) is 4.90 Å². The van der Waals surface area contributed by atoms with Gasteiger partial charge in [-0.05, 0) is 26.7 Å². The van der Waals surface area contributed by atoms with E-state index in [2.05, 4.69) is 30.5 Å². The fourth-order valence-corrected chi connectivity index (χ4v) is 3.12. The lowest BCUT2D eigenvalue weighted by molar-refractivity contribution is 0.0904. The normalized spacial score (nSPS) is 42.8. The summed E-state index contributed by atoms with van der Waals surface area (Å²) in [5, 5.41) is 0. The lowest BCUT2D eigenvalue weighted by Gasteiger charge is -2.40. The maximum atomic E-state index is 7.37. The van der Waals surface area contributed by atoms with Crippen molar-refractivity contribution >= 4 is 0 Å². The molecule has 2 nitrogen and oxygen atoms in total. The summed E-state index contributed by atoms with van der Waals surface area (Å²) in [4.78, 5) is 6.47. The molecule has 0 aromatic rings. The summed E-state index contributed by atoms with van der Waals surface area (Å²) in [6.07, 6.45) is 2.54. The third kappa shape index (κ3) is 1.26. The van der Waals surface area contributed by atoms with Crippen molar-refractivity contribution in [2.45, 2.75) is 45.2 Å². The fourth-order valence-electron chi connectivity index (χ4n) is 3.12. The molecule has 78 valence electrons. The van der Waals surface area contributed by atoms with Crippen molar-refractivity contribution in [3.05, 3.63) is 11.4 Å². The van der Waals surface area contributed by atoms with Crippen LogP contribution in [0.1, 0.15) is 33.6 Å². The van der Waals surface area contributed by atoms with E-state index in [1.165, 1.54) is 12.8 Å². The smallest absolute Gasteiger partial charge is 0.237 e. The predicted molar refractivity (Wildman–Crippen MR) is 57.9 cm³/mol. The summed E-state index contributed by atoms with van der Waals surface area (Å²) in [6, 6.07) is 0.647. The first-order chi connectivity index (χ1) is 6.58. The van der Waals surface area contributed by atoms with Gasteiger partial charge in [-0.3, -0.25) is 4.90 Å². The molecule has 2 bridgehead atoms. The zero-order valence-corrected chi connectivity index (χ0v) is 9.45. The Morgan fingerprint density at radius 1 is 1.29 bits per heavy atom. The number of hydrogen-bond acceptors (Lipinski definition) is 1. The third-order valence-electron chi connectivity index (χ3n) is 4.40. The summed E-state index contributed by atoms with van der Waals surface area (Å²) in [6.45, 7) is 16.4. The Kier molecular flexibility index (Phi) is 2.31. The molecule has 0 amide bonds. The summed E-state index contributed by atoms with van der Waals surface area (Å²) in [5.41, 5.74) is -0.0363. The first-order valence-electron chi connectivity index (χ1n) is 5.70. The number of fused-ring (bicyclic) bond motifs is 2. The van der Waals surface area contributed by atoms with Crippen molar-refractivity contribution in [3.8, 4) is 0 Å². The van der Waals surface area contributed by atoms with E-state index in [0.29, 0.717) is 17.9 Å². The predicted octanol–water partition coefficient (Wildman–Crippen LogP) is 2.41. The van der Waals surface area contributed by atoms with E-state index < -0.39 is 0 Å². The van der Waals surface area contributed by atoms with Crippen LogP contribution >= 0.6 is 0 Å². The highest BCUT2D eigenvalue weighted by Gasteiger charge is 2.56. The summed E-state index contributed by atoms with van der Waals surface area (Å²) >= 11 is 0. The van der Waals surface area contributed by atoms with Gasteiger partial charge >= 0.3 is 0 Å². The topological polar surface area (TPSA) is 7.60 Å². The van der Waals surface area contributed by atoms with Crippen LogP contribution in [0.15, 0.2) is 0 Å². The molecule has 2 atom stereocenters. The van der Waals surface area contributed by atoms with Gasteiger partial charge in [-0.2, -0.15) is 0 Å². The minimum Gasteiger partial charge on any atom is -0.310 e. The van der Waals surface area contributed by atoms with Crippen LogP contribution in [0, 0.1) is 18.4 Å². The molecule has 14 heavy (non-hydrogen) atoms. The van der Waals surface area contributed by atoms with E-state index in [9.17, 15) is 0 Å². The van der Waals surface area contributed by atoms with Crippen LogP contribution in [0.4, 0.5) is 0 Å². The molecule has 2 rings (SSSR count). The van der Waals surface area contributed by atoms with Crippen LogP contribution in [0.25, 0.3) is 4.85 Å². The Bertz CT molecular complexity index is 250. The molecular weight excluding hydrogens is 172 g/mol. The van der Waals surface area contributed by atoms with Gasteiger partial charge in [0.25, 0.3) is 0 Å². The molecule has 1 saturated carbocycles. The van der Waals surface area contributed by atoms with Crippen LogP contribution in [0.5, 0.6) is 0 Å². The van der Waals surface area contributed by atoms with Gasteiger partial charge in [-0.1, -0.05) is 0 Å². The number of piperidine rings is 1. The lowest BCUT2D eigenvalue weighted by Crippen LogP contribution is -2.52.